The normalized spacial score (nSPS) is 15.1. The summed E-state index contributed by atoms with van der Waals surface area (Å²) >= 11 is 0. The molecule has 2 aliphatic rings. The molecule has 4 heterocycles. The van der Waals surface area contributed by atoms with E-state index in [1.807, 2.05) is 12.3 Å². The van der Waals surface area contributed by atoms with Crippen LogP contribution in [0.1, 0.15) is 49.9 Å². The third-order valence-electron chi connectivity index (χ3n) is 11.6. The Hall–Kier alpha value is -6.07. The zero-order valence-corrected chi connectivity index (χ0v) is 28.4. The van der Waals surface area contributed by atoms with Gasteiger partial charge in [-0.1, -0.05) is 107 Å². The average Bonchev–Trinajstić information content (AvgIpc) is 3.79. The summed E-state index contributed by atoms with van der Waals surface area (Å²) in [6, 6.07) is 44.0. The number of pyridine rings is 1. The van der Waals surface area contributed by atoms with Crippen molar-refractivity contribution in [3.8, 4) is 33.6 Å². The van der Waals surface area contributed by atoms with Crippen molar-refractivity contribution >= 4 is 44.3 Å². The van der Waals surface area contributed by atoms with Crippen molar-refractivity contribution in [2.75, 3.05) is 0 Å². The molecule has 5 nitrogen and oxygen atoms in total. The molecule has 0 N–H and O–H groups in total. The lowest BCUT2D eigenvalue weighted by atomic mass is 9.82. The van der Waals surface area contributed by atoms with E-state index in [1.165, 1.54) is 44.5 Å². The number of para-hydroxylation sites is 1. The van der Waals surface area contributed by atoms with Crippen LogP contribution in [-0.2, 0) is 10.8 Å². The van der Waals surface area contributed by atoms with Gasteiger partial charge < -0.3 is 0 Å². The second kappa shape index (κ2) is 9.33. The molecule has 0 unspecified atom stereocenters. The molecule has 0 bridgehead atoms. The quantitative estimate of drug-likeness (QED) is 0.188. The topological polar surface area (TPSA) is 48.5 Å². The number of fused-ring (bicyclic) bond motifs is 12. The molecule has 0 radical (unpaired) electrons. The van der Waals surface area contributed by atoms with Crippen LogP contribution in [-0.4, -0.2) is 24.1 Å². The Morgan fingerprint density at radius 3 is 1.62 bits per heavy atom. The zero-order valence-electron chi connectivity index (χ0n) is 28.4. The van der Waals surface area contributed by atoms with E-state index in [9.17, 15) is 0 Å². The molecule has 0 fully saturated rings. The Balaban J connectivity index is 1.20. The summed E-state index contributed by atoms with van der Waals surface area (Å²) in [6.07, 6.45) is 1.86. The van der Waals surface area contributed by atoms with Crippen molar-refractivity contribution in [2.24, 2.45) is 0 Å². The molecule has 0 saturated carbocycles. The van der Waals surface area contributed by atoms with Gasteiger partial charge in [0.1, 0.15) is 16.6 Å². The Morgan fingerprint density at radius 2 is 0.960 bits per heavy atom. The largest absolute Gasteiger partial charge is 0.292 e. The lowest BCUT2D eigenvalue weighted by Crippen LogP contribution is -2.15. The maximum Gasteiger partial charge on any atom is 0.168 e. The van der Waals surface area contributed by atoms with Crippen molar-refractivity contribution in [3.05, 3.63) is 150 Å². The van der Waals surface area contributed by atoms with Crippen LogP contribution >= 0.6 is 0 Å². The highest BCUT2D eigenvalue weighted by Gasteiger charge is 2.37. The molecule has 9 aromatic rings. The predicted molar refractivity (Wildman–Crippen MR) is 204 cm³/mol. The van der Waals surface area contributed by atoms with E-state index in [0.717, 1.165) is 55.6 Å². The molecule has 2 aliphatic carbocycles. The summed E-state index contributed by atoms with van der Waals surface area (Å²) in [7, 11) is 0. The first-order chi connectivity index (χ1) is 24.3. The van der Waals surface area contributed by atoms with Crippen LogP contribution in [0.15, 0.2) is 128 Å². The van der Waals surface area contributed by atoms with Crippen LogP contribution in [0, 0.1) is 0 Å². The third kappa shape index (κ3) is 3.39. The fourth-order valence-corrected chi connectivity index (χ4v) is 9.11. The summed E-state index contributed by atoms with van der Waals surface area (Å²) < 4.78 is 4.56. The summed E-state index contributed by atoms with van der Waals surface area (Å²) in [4.78, 5) is 15.9. The lowest BCUT2D eigenvalue weighted by molar-refractivity contribution is 0.660. The minimum Gasteiger partial charge on any atom is -0.292 e. The Bertz CT molecular complexity index is 2740. The average molecular weight is 644 g/mol. The minimum absolute atomic E-state index is 0.112. The van der Waals surface area contributed by atoms with E-state index in [0.29, 0.717) is 0 Å². The number of aromatic nitrogens is 5. The fraction of sp³-hybridized carbons (Fsp3) is 0.133. The highest BCUT2D eigenvalue weighted by atomic mass is 15.1. The molecule has 0 spiro atoms. The maximum atomic E-state index is 5.57. The SMILES string of the molecule is CC1(C)c2ccccc2-c2ccc(-n3c4ccccc4c4nc5c6ncccc6n(-c6ccc7c(c6)C(C)(C)c6ccccc6-7)c5nc43)cc21. The van der Waals surface area contributed by atoms with Crippen LogP contribution < -0.4 is 0 Å². The molecule has 50 heavy (non-hydrogen) atoms. The van der Waals surface area contributed by atoms with E-state index in [-0.39, 0.29) is 10.8 Å². The van der Waals surface area contributed by atoms with Gasteiger partial charge in [-0.3, -0.25) is 14.1 Å². The highest BCUT2D eigenvalue weighted by Crippen LogP contribution is 2.51. The van der Waals surface area contributed by atoms with E-state index in [1.54, 1.807) is 0 Å². The lowest BCUT2D eigenvalue weighted by Gasteiger charge is -2.22. The highest BCUT2D eigenvalue weighted by molar-refractivity contribution is 6.11. The first-order valence-corrected chi connectivity index (χ1v) is 17.4. The number of benzene rings is 5. The summed E-state index contributed by atoms with van der Waals surface area (Å²) in [5, 5.41) is 1.08. The van der Waals surface area contributed by atoms with Gasteiger partial charge in [0.05, 0.1) is 11.0 Å². The van der Waals surface area contributed by atoms with E-state index < -0.39 is 0 Å². The molecule has 0 saturated heterocycles. The van der Waals surface area contributed by atoms with Crippen LogP contribution in [0.5, 0.6) is 0 Å². The molecule has 5 aromatic carbocycles. The third-order valence-corrected chi connectivity index (χ3v) is 11.6. The smallest absolute Gasteiger partial charge is 0.168 e. The van der Waals surface area contributed by atoms with Gasteiger partial charge in [0.15, 0.2) is 11.3 Å². The number of hydrogen-bond donors (Lipinski definition) is 0. The number of nitrogens with zero attached hydrogens (tertiary/aromatic N) is 5. The summed E-state index contributed by atoms with van der Waals surface area (Å²) in [5.74, 6) is 0. The van der Waals surface area contributed by atoms with Crippen molar-refractivity contribution < 1.29 is 0 Å². The first-order valence-electron chi connectivity index (χ1n) is 17.4. The van der Waals surface area contributed by atoms with Gasteiger partial charge >= 0.3 is 0 Å². The molecule has 11 rings (SSSR count). The number of rotatable bonds is 2. The van der Waals surface area contributed by atoms with Gasteiger partial charge in [0, 0.05) is 33.8 Å². The molecular weight excluding hydrogens is 611 g/mol. The fourth-order valence-electron chi connectivity index (χ4n) is 9.11. The van der Waals surface area contributed by atoms with Gasteiger partial charge in [-0.05, 0) is 87.0 Å². The molecule has 0 amide bonds. The Kier molecular flexibility index (Phi) is 5.20. The van der Waals surface area contributed by atoms with E-state index >= 15 is 0 Å². The standard InChI is InChI=1S/C45H33N5/c1-44(2)33-15-8-5-12-28(33)30-21-19-26(24-35(30)44)49-37-17-10-7-14-32(37)39-42(49)48-43-41(47-39)40-38(18-11-23-46-40)50(43)27-20-22-31-29-13-6-9-16-34(29)45(3,4)36(31)25-27/h5-25H,1-4H3. The maximum absolute atomic E-state index is 5.57. The van der Waals surface area contributed by atoms with Gasteiger partial charge in [0.25, 0.3) is 0 Å². The molecule has 0 atom stereocenters. The van der Waals surface area contributed by atoms with Gasteiger partial charge in [-0.15, -0.1) is 0 Å². The first kappa shape index (κ1) is 27.8. The molecule has 4 aromatic heterocycles. The van der Waals surface area contributed by atoms with Crippen LogP contribution in [0.2, 0.25) is 0 Å². The van der Waals surface area contributed by atoms with Crippen molar-refractivity contribution in [1.82, 2.24) is 24.1 Å². The van der Waals surface area contributed by atoms with Crippen molar-refractivity contribution in [1.29, 1.82) is 0 Å². The van der Waals surface area contributed by atoms with Crippen LogP contribution in [0.25, 0.3) is 77.9 Å². The Labute approximate surface area is 289 Å². The molecule has 0 aliphatic heterocycles. The second-order valence-corrected chi connectivity index (χ2v) is 14.9. The molecule has 5 heteroatoms. The minimum atomic E-state index is -0.120. The molecular formula is C45H33N5. The number of hydrogen-bond acceptors (Lipinski definition) is 3. The van der Waals surface area contributed by atoms with Crippen molar-refractivity contribution in [2.45, 2.75) is 38.5 Å². The molecule has 238 valence electrons. The summed E-state index contributed by atoms with van der Waals surface area (Å²) in [6.45, 7) is 9.32. The van der Waals surface area contributed by atoms with Gasteiger partial charge in [-0.2, -0.15) is 0 Å². The Morgan fingerprint density at radius 1 is 0.440 bits per heavy atom. The monoisotopic (exact) mass is 643 g/mol. The zero-order chi connectivity index (χ0) is 33.5. The summed E-state index contributed by atoms with van der Waals surface area (Å²) in [5.41, 5.74) is 18.8. The van der Waals surface area contributed by atoms with Gasteiger partial charge in [0.2, 0.25) is 0 Å². The van der Waals surface area contributed by atoms with E-state index in [2.05, 4.69) is 152 Å². The van der Waals surface area contributed by atoms with Crippen LogP contribution in [0.3, 0.4) is 0 Å². The van der Waals surface area contributed by atoms with Crippen LogP contribution in [0.4, 0.5) is 0 Å². The predicted octanol–water partition coefficient (Wildman–Crippen LogP) is 10.7. The van der Waals surface area contributed by atoms with Gasteiger partial charge in [-0.25, -0.2) is 9.97 Å². The van der Waals surface area contributed by atoms with E-state index in [4.69, 9.17) is 15.0 Å². The second-order valence-electron chi connectivity index (χ2n) is 14.9. The van der Waals surface area contributed by atoms with Crippen molar-refractivity contribution in [3.63, 3.8) is 0 Å².